The number of hydrogen-bond acceptors (Lipinski definition) is 9. The maximum Gasteiger partial charge on any atom is 0.339 e. The number of fused-ring (bicyclic) bond motifs is 1. The summed E-state index contributed by atoms with van der Waals surface area (Å²) < 4.78 is 30.6. The van der Waals surface area contributed by atoms with Crippen LogP contribution in [-0.2, 0) is 24.5 Å². The molecule has 0 radical (unpaired) electrons. The van der Waals surface area contributed by atoms with Crippen LogP contribution in [0.5, 0.6) is 5.75 Å². The first-order chi connectivity index (χ1) is 19.7. The van der Waals surface area contributed by atoms with Crippen molar-refractivity contribution in [1.29, 1.82) is 0 Å². The lowest BCUT2D eigenvalue weighted by atomic mass is 9.90. The maximum absolute atomic E-state index is 13.7. The Morgan fingerprint density at radius 1 is 0.780 bits per heavy atom. The van der Waals surface area contributed by atoms with Crippen LogP contribution in [0.15, 0.2) is 114 Å². The van der Waals surface area contributed by atoms with E-state index in [1.54, 1.807) is 66.7 Å². The highest BCUT2D eigenvalue weighted by Crippen LogP contribution is 2.48. The largest absolute Gasteiger partial charge is 0.379 e. The van der Waals surface area contributed by atoms with E-state index < -0.39 is 44.9 Å². The first kappa shape index (κ1) is 26.2. The third-order valence-electron chi connectivity index (χ3n) is 6.88. The molecule has 6 rings (SSSR count). The molecular formula is C29H21N3O8S. The molecule has 2 fully saturated rings. The smallest absolute Gasteiger partial charge is 0.339 e. The first-order valence-electron chi connectivity index (χ1n) is 12.5. The molecule has 0 bridgehead atoms. The van der Waals surface area contributed by atoms with E-state index in [-0.39, 0.29) is 22.0 Å². The van der Waals surface area contributed by atoms with Crippen LogP contribution in [0, 0.1) is 16.0 Å². The SMILES string of the molecule is O=C1[C@@H]2[C@H](ON(c3cccc([N+](=O)[O-])c3)[C@@H]2c2ccc(OS(=O)(=O)c3ccccc3)cc2)C(=O)N1c1ccccc1. The van der Waals surface area contributed by atoms with Crippen LogP contribution in [-0.4, -0.2) is 31.3 Å². The molecule has 206 valence electrons. The van der Waals surface area contributed by atoms with Gasteiger partial charge in [0, 0.05) is 12.1 Å². The van der Waals surface area contributed by atoms with Gasteiger partial charge in [0.15, 0.2) is 6.10 Å². The highest BCUT2D eigenvalue weighted by Gasteiger charge is 2.60. The summed E-state index contributed by atoms with van der Waals surface area (Å²) in [5, 5.41) is 12.8. The van der Waals surface area contributed by atoms with Gasteiger partial charge in [-0.3, -0.25) is 24.5 Å². The van der Waals surface area contributed by atoms with E-state index in [9.17, 15) is 28.1 Å². The number of imide groups is 1. The number of anilines is 2. The van der Waals surface area contributed by atoms with Crippen LogP contribution < -0.4 is 14.1 Å². The van der Waals surface area contributed by atoms with E-state index in [2.05, 4.69) is 0 Å². The summed E-state index contributed by atoms with van der Waals surface area (Å²) in [5.41, 5.74) is 0.985. The van der Waals surface area contributed by atoms with E-state index in [1.807, 2.05) is 0 Å². The van der Waals surface area contributed by atoms with Gasteiger partial charge in [-0.15, -0.1) is 0 Å². The van der Waals surface area contributed by atoms with Crippen molar-refractivity contribution in [1.82, 2.24) is 0 Å². The van der Waals surface area contributed by atoms with Crippen LogP contribution in [0.25, 0.3) is 0 Å². The van der Waals surface area contributed by atoms with Crippen LogP contribution in [0.2, 0.25) is 0 Å². The number of rotatable bonds is 7. The number of nitrogens with zero attached hydrogens (tertiary/aromatic N) is 3. The molecule has 3 atom stereocenters. The summed E-state index contributed by atoms with van der Waals surface area (Å²) in [6.45, 7) is 0. The van der Waals surface area contributed by atoms with Crippen LogP contribution >= 0.6 is 0 Å². The second-order valence-electron chi connectivity index (χ2n) is 9.37. The molecule has 41 heavy (non-hydrogen) atoms. The number of hydroxylamine groups is 1. The molecule has 4 aromatic rings. The summed E-state index contributed by atoms with van der Waals surface area (Å²) in [6.07, 6.45) is -1.18. The molecule has 0 unspecified atom stereocenters. The molecule has 2 heterocycles. The Morgan fingerprint density at radius 2 is 1.41 bits per heavy atom. The maximum atomic E-state index is 13.7. The molecule has 0 spiro atoms. The Bertz CT molecular complexity index is 1750. The van der Waals surface area contributed by atoms with Gasteiger partial charge in [0.25, 0.3) is 11.6 Å². The quantitative estimate of drug-likeness (QED) is 0.137. The van der Waals surface area contributed by atoms with E-state index >= 15 is 0 Å². The van der Waals surface area contributed by atoms with Crippen molar-refractivity contribution in [3.63, 3.8) is 0 Å². The number of amides is 2. The van der Waals surface area contributed by atoms with Crippen molar-refractivity contribution in [3.05, 3.63) is 125 Å². The third-order valence-corrected chi connectivity index (χ3v) is 8.15. The summed E-state index contributed by atoms with van der Waals surface area (Å²) in [6, 6.07) is 27.0. The van der Waals surface area contributed by atoms with Gasteiger partial charge in [-0.05, 0) is 48.0 Å². The highest BCUT2D eigenvalue weighted by atomic mass is 32.2. The van der Waals surface area contributed by atoms with Gasteiger partial charge >= 0.3 is 10.1 Å². The number of non-ortho nitro benzene ring substituents is 1. The van der Waals surface area contributed by atoms with Gasteiger partial charge in [0.05, 0.1) is 22.3 Å². The van der Waals surface area contributed by atoms with E-state index in [0.717, 1.165) is 4.90 Å². The molecular weight excluding hydrogens is 550 g/mol. The molecule has 2 aliphatic rings. The average Bonchev–Trinajstić information content (AvgIpc) is 3.49. The minimum atomic E-state index is -4.08. The van der Waals surface area contributed by atoms with Crippen molar-refractivity contribution < 1.29 is 32.0 Å². The second-order valence-corrected chi connectivity index (χ2v) is 10.9. The minimum Gasteiger partial charge on any atom is -0.379 e. The normalized spacial score (nSPS) is 20.2. The van der Waals surface area contributed by atoms with Gasteiger partial charge < -0.3 is 4.18 Å². The summed E-state index contributed by atoms with van der Waals surface area (Å²) in [7, 11) is -4.08. The Kier molecular flexibility index (Phi) is 6.48. The fraction of sp³-hybridized carbons (Fsp3) is 0.103. The number of carbonyl (C=O) groups is 2. The molecule has 0 N–H and O–H groups in total. The molecule has 2 aliphatic heterocycles. The Labute approximate surface area is 234 Å². The van der Waals surface area contributed by atoms with Crippen LogP contribution in [0.4, 0.5) is 17.1 Å². The summed E-state index contributed by atoms with van der Waals surface area (Å²) in [5.74, 6) is -1.99. The molecule has 12 heteroatoms. The molecule has 2 saturated heterocycles. The second kappa shape index (κ2) is 10.2. The van der Waals surface area contributed by atoms with Crippen molar-refractivity contribution >= 4 is 39.0 Å². The zero-order valence-corrected chi connectivity index (χ0v) is 22.0. The fourth-order valence-corrected chi connectivity index (χ4v) is 5.99. The first-order valence-corrected chi connectivity index (χ1v) is 13.9. The molecule has 0 aliphatic carbocycles. The number of carbonyl (C=O) groups excluding carboxylic acids is 2. The topological polar surface area (TPSA) is 136 Å². The fourth-order valence-electron chi connectivity index (χ4n) is 5.03. The molecule has 4 aromatic carbocycles. The zero-order chi connectivity index (χ0) is 28.7. The minimum absolute atomic E-state index is 0.0102. The van der Waals surface area contributed by atoms with E-state index in [0.29, 0.717) is 11.3 Å². The number of nitro benzene ring substituents is 1. The van der Waals surface area contributed by atoms with Gasteiger partial charge in [0.1, 0.15) is 16.6 Å². The lowest BCUT2D eigenvalue weighted by Crippen LogP contribution is -2.37. The van der Waals surface area contributed by atoms with Gasteiger partial charge in [-0.2, -0.15) is 8.42 Å². The van der Waals surface area contributed by atoms with Crippen molar-refractivity contribution in [2.45, 2.75) is 17.0 Å². The summed E-state index contributed by atoms with van der Waals surface area (Å²) >= 11 is 0. The van der Waals surface area contributed by atoms with Gasteiger partial charge in [0.2, 0.25) is 5.91 Å². The monoisotopic (exact) mass is 571 g/mol. The predicted octanol–water partition coefficient (Wildman–Crippen LogP) is 4.41. The van der Waals surface area contributed by atoms with Gasteiger partial charge in [-0.1, -0.05) is 54.6 Å². The Hall–Kier alpha value is -5.07. The Balaban J connectivity index is 1.37. The number of nitro groups is 1. The number of hydrogen-bond donors (Lipinski definition) is 0. The number of benzene rings is 4. The molecule has 0 aromatic heterocycles. The van der Waals surface area contributed by atoms with Gasteiger partial charge in [-0.25, -0.2) is 9.96 Å². The molecule has 2 amide bonds. The summed E-state index contributed by atoms with van der Waals surface area (Å²) in [4.78, 5) is 45.2. The van der Waals surface area contributed by atoms with Crippen molar-refractivity contribution in [2.24, 2.45) is 5.92 Å². The molecule has 11 nitrogen and oxygen atoms in total. The van der Waals surface area contributed by atoms with Crippen LogP contribution in [0.1, 0.15) is 11.6 Å². The lowest BCUT2D eigenvalue weighted by molar-refractivity contribution is -0.384. The average molecular weight is 572 g/mol. The standard InChI is InChI=1S/C29H21N3O8S/c33-28-25-26(19-14-16-23(17-15-19)40-41(37,38)24-12-5-2-6-13-24)31(21-10-7-11-22(18-21)32(35)36)39-27(25)29(34)30(28)20-8-3-1-4-9-20/h1-18,25-27H/t25-,26+,27-/m0/s1. The van der Waals surface area contributed by atoms with E-state index in [4.69, 9.17) is 9.02 Å². The van der Waals surface area contributed by atoms with Crippen molar-refractivity contribution in [2.75, 3.05) is 9.96 Å². The van der Waals surface area contributed by atoms with Crippen LogP contribution in [0.3, 0.4) is 0 Å². The third kappa shape index (κ3) is 4.68. The Morgan fingerprint density at radius 3 is 2.07 bits per heavy atom. The molecule has 0 saturated carbocycles. The zero-order valence-electron chi connectivity index (χ0n) is 21.1. The van der Waals surface area contributed by atoms with E-state index in [1.165, 1.54) is 47.5 Å². The highest BCUT2D eigenvalue weighted by molar-refractivity contribution is 7.87. The predicted molar refractivity (Wildman–Crippen MR) is 146 cm³/mol. The van der Waals surface area contributed by atoms with Crippen molar-refractivity contribution in [3.8, 4) is 5.75 Å². The number of para-hydroxylation sites is 1. The lowest BCUT2D eigenvalue weighted by Gasteiger charge is -2.28.